The monoisotopic (exact) mass is 869 g/mol. The van der Waals surface area contributed by atoms with E-state index in [9.17, 15) is 24.3 Å². The van der Waals surface area contributed by atoms with Gasteiger partial charge < -0.3 is 39.7 Å². The number of nitrogens with zero attached hydrogens (tertiary/aromatic N) is 5. The predicted molar refractivity (Wildman–Crippen MR) is 249 cm³/mol. The number of imidazole rings is 2. The van der Waals surface area contributed by atoms with Gasteiger partial charge in [-0.15, -0.1) is 0 Å². The molecule has 5 aromatic rings. The van der Waals surface area contributed by atoms with E-state index >= 15 is 0 Å². The predicted octanol–water partition coefficient (Wildman–Crippen LogP) is 10.1. The van der Waals surface area contributed by atoms with Crippen LogP contribution in [-0.2, 0) is 22.6 Å². The number of hydrogen-bond acceptors (Lipinski definition) is 9. The fourth-order valence-electron chi connectivity index (χ4n) is 6.86. The molecule has 15 nitrogen and oxygen atoms in total. The molecule has 342 valence electrons. The van der Waals surface area contributed by atoms with E-state index in [0.29, 0.717) is 42.7 Å². The first-order valence-electron chi connectivity index (χ1n) is 21.7. The number of rotatable bonds is 15. The third-order valence-electron chi connectivity index (χ3n) is 9.85. The molecule has 0 bridgehead atoms. The largest absolute Gasteiger partial charge is 0.465 e. The molecule has 5 rings (SSSR count). The van der Waals surface area contributed by atoms with Crippen molar-refractivity contribution in [2.45, 2.75) is 145 Å². The van der Waals surface area contributed by atoms with Gasteiger partial charge in [-0.05, 0) is 168 Å². The van der Waals surface area contributed by atoms with Gasteiger partial charge in [-0.3, -0.25) is 10.1 Å². The van der Waals surface area contributed by atoms with E-state index in [0.717, 1.165) is 72.7 Å². The number of nitrogen functional groups attached to an aromatic ring is 1. The van der Waals surface area contributed by atoms with E-state index < -0.39 is 29.4 Å². The molecule has 0 aliphatic rings. The number of nitrogens with two attached hydrogens (primary N) is 1. The molecular formula is C48H68N8O7. The first-order chi connectivity index (χ1) is 29.4. The van der Waals surface area contributed by atoms with Gasteiger partial charge in [0.2, 0.25) is 11.9 Å². The Balaban J connectivity index is 0.000000310. The third-order valence-corrected chi connectivity index (χ3v) is 9.85. The fourth-order valence-corrected chi connectivity index (χ4v) is 6.86. The summed E-state index contributed by atoms with van der Waals surface area (Å²) in [5, 5.41) is 15.0. The molecular weight excluding hydrogens is 801 g/mol. The number of fused-ring (bicyclic) bond motifs is 2. The normalized spacial score (nSPS) is 11.8. The molecule has 0 aliphatic heterocycles. The lowest BCUT2D eigenvalue weighted by molar-refractivity contribution is 0.00689. The second kappa shape index (κ2) is 21.3. The smallest absolute Gasteiger partial charge is 0.407 e. The standard InChI is InChI=1S/C30H40N4O5.C18H28N4O2/c1-20-14-15-24-23(18-20)32-27(34(24)17-10-8-9-16-31-28(37)39-30(5,6)7)33-25(35)21-12-11-13-22(19-21)26(36)38-29(2,3)4;1-13-8-9-15-14(12-13)20-16(19)21(15)10-6-5-7-11-22(17(23)24)18(2,3)4/h11-15,18-19H,8-10,16-17H2,1-7H3,(H,31,37)(H,32,33,35);8-9,12H,5-7,10-11H2,1-4H3,(H2,19,20)(H,23,24). The van der Waals surface area contributed by atoms with Crippen molar-refractivity contribution in [3.63, 3.8) is 0 Å². The first kappa shape index (κ1) is 49.5. The number of esters is 1. The average molecular weight is 869 g/mol. The maximum atomic E-state index is 13.2. The van der Waals surface area contributed by atoms with Crippen molar-refractivity contribution in [1.82, 2.24) is 29.3 Å². The number of benzene rings is 3. The van der Waals surface area contributed by atoms with E-state index in [1.165, 1.54) is 16.5 Å². The van der Waals surface area contributed by atoms with Gasteiger partial charge >= 0.3 is 18.2 Å². The molecule has 0 saturated carbocycles. The molecule has 0 unspecified atom stereocenters. The molecule has 0 atom stereocenters. The number of ether oxygens (including phenoxy) is 2. The number of carboxylic acid groups (broad SMARTS) is 1. The molecule has 15 heteroatoms. The van der Waals surface area contributed by atoms with Crippen molar-refractivity contribution in [2.75, 3.05) is 24.1 Å². The molecule has 0 aliphatic carbocycles. The number of amides is 3. The van der Waals surface area contributed by atoms with Crippen LogP contribution in [0.25, 0.3) is 22.1 Å². The molecule has 3 amide bonds. The second-order valence-corrected chi connectivity index (χ2v) is 18.9. The second-order valence-electron chi connectivity index (χ2n) is 18.9. The van der Waals surface area contributed by atoms with Crippen LogP contribution >= 0.6 is 0 Å². The van der Waals surface area contributed by atoms with Crippen molar-refractivity contribution in [3.8, 4) is 0 Å². The number of hydrogen-bond donors (Lipinski definition) is 4. The van der Waals surface area contributed by atoms with Crippen molar-refractivity contribution >= 4 is 58.0 Å². The molecule has 2 aromatic heterocycles. The van der Waals surface area contributed by atoms with Crippen molar-refractivity contribution < 1.29 is 33.8 Å². The molecule has 2 heterocycles. The lowest BCUT2D eigenvalue weighted by Gasteiger charge is -2.33. The molecule has 0 saturated heterocycles. The minimum atomic E-state index is -0.859. The number of carbonyl (C=O) groups excluding carboxylic acids is 3. The van der Waals surface area contributed by atoms with Crippen LogP contribution in [0, 0.1) is 13.8 Å². The Morgan fingerprint density at radius 1 is 0.698 bits per heavy atom. The zero-order chi connectivity index (χ0) is 46.7. The van der Waals surface area contributed by atoms with Gasteiger partial charge in [0.1, 0.15) is 11.2 Å². The SMILES string of the molecule is Cc1ccc2c(c1)nc(N)n2CCCCCN(C(=O)O)C(C)(C)C.Cc1ccc2c(c1)nc(NC(=O)c1cccc(C(=O)OC(C)(C)C)c1)n2CCCCCNC(=O)OC(C)(C)C. The summed E-state index contributed by atoms with van der Waals surface area (Å²) in [7, 11) is 0. The van der Waals surface area contributed by atoms with Crippen LogP contribution in [-0.4, -0.2) is 83.0 Å². The molecule has 0 fully saturated rings. The van der Waals surface area contributed by atoms with E-state index in [2.05, 4.69) is 32.7 Å². The summed E-state index contributed by atoms with van der Waals surface area (Å²) in [6, 6.07) is 18.6. The van der Waals surface area contributed by atoms with E-state index in [-0.39, 0.29) is 11.4 Å². The highest BCUT2D eigenvalue weighted by atomic mass is 16.6. The van der Waals surface area contributed by atoms with Crippen LogP contribution in [0.3, 0.4) is 0 Å². The summed E-state index contributed by atoms with van der Waals surface area (Å²) in [5.74, 6) is 0.129. The van der Waals surface area contributed by atoms with E-state index in [1.807, 2.05) is 88.8 Å². The Hall–Kier alpha value is -6.12. The summed E-state index contributed by atoms with van der Waals surface area (Å²) in [6.45, 7) is 23.2. The summed E-state index contributed by atoms with van der Waals surface area (Å²) in [4.78, 5) is 59.4. The number of unbranched alkanes of at least 4 members (excludes halogenated alkanes) is 4. The Morgan fingerprint density at radius 3 is 1.84 bits per heavy atom. The summed E-state index contributed by atoms with van der Waals surface area (Å²) >= 11 is 0. The minimum absolute atomic E-state index is 0.307. The van der Waals surface area contributed by atoms with Gasteiger partial charge in [-0.2, -0.15) is 0 Å². The maximum absolute atomic E-state index is 13.2. The zero-order valence-electron chi connectivity index (χ0n) is 39.1. The summed E-state index contributed by atoms with van der Waals surface area (Å²) in [5.41, 5.74) is 11.1. The number of aryl methyl sites for hydroxylation is 4. The number of anilines is 2. The highest BCUT2D eigenvalue weighted by Gasteiger charge is 2.25. The Bertz CT molecular complexity index is 2360. The van der Waals surface area contributed by atoms with Gasteiger partial charge in [-0.25, -0.2) is 24.4 Å². The van der Waals surface area contributed by atoms with Crippen molar-refractivity contribution in [3.05, 3.63) is 82.9 Å². The zero-order valence-corrected chi connectivity index (χ0v) is 39.1. The van der Waals surface area contributed by atoms with Gasteiger partial charge in [0.25, 0.3) is 5.91 Å². The fraction of sp³-hybridized carbons (Fsp3) is 0.500. The third kappa shape index (κ3) is 15.3. The maximum Gasteiger partial charge on any atom is 0.407 e. The molecule has 5 N–H and O–H groups in total. The van der Waals surface area contributed by atoms with Crippen LogP contribution in [0.2, 0.25) is 0 Å². The van der Waals surface area contributed by atoms with Gasteiger partial charge in [0.05, 0.1) is 27.6 Å². The van der Waals surface area contributed by atoms with Crippen LogP contribution in [0.5, 0.6) is 0 Å². The summed E-state index contributed by atoms with van der Waals surface area (Å²) < 4.78 is 14.7. The topological polar surface area (TPSA) is 196 Å². The Labute approximate surface area is 371 Å². The highest BCUT2D eigenvalue weighted by Crippen LogP contribution is 2.24. The van der Waals surface area contributed by atoms with Gasteiger partial charge in [-0.1, -0.05) is 18.2 Å². The number of aromatic nitrogens is 4. The van der Waals surface area contributed by atoms with E-state index in [4.69, 9.17) is 15.2 Å². The number of alkyl carbamates (subject to hydrolysis) is 1. The van der Waals surface area contributed by atoms with Gasteiger partial charge in [0.15, 0.2) is 0 Å². The Kier molecular flexibility index (Phi) is 16.8. The lowest BCUT2D eigenvalue weighted by Crippen LogP contribution is -2.45. The van der Waals surface area contributed by atoms with Crippen molar-refractivity contribution in [2.24, 2.45) is 0 Å². The minimum Gasteiger partial charge on any atom is -0.465 e. The van der Waals surface area contributed by atoms with Crippen LogP contribution < -0.4 is 16.4 Å². The molecule has 0 radical (unpaired) electrons. The Morgan fingerprint density at radius 2 is 1.25 bits per heavy atom. The van der Waals surface area contributed by atoms with Crippen molar-refractivity contribution in [1.29, 1.82) is 0 Å². The van der Waals surface area contributed by atoms with Gasteiger partial charge in [0, 0.05) is 37.3 Å². The number of carbonyl (C=O) groups is 4. The summed E-state index contributed by atoms with van der Waals surface area (Å²) in [6.07, 6.45) is 3.95. The molecule has 0 spiro atoms. The first-order valence-corrected chi connectivity index (χ1v) is 21.7. The quantitative estimate of drug-likeness (QED) is 0.0581. The molecule has 63 heavy (non-hydrogen) atoms. The van der Waals surface area contributed by atoms with Crippen LogP contribution in [0.15, 0.2) is 60.7 Å². The average Bonchev–Trinajstić information content (AvgIpc) is 3.66. The number of nitrogens with one attached hydrogen (secondary N) is 2. The molecule has 3 aromatic carbocycles. The van der Waals surface area contributed by atoms with Crippen LogP contribution in [0.1, 0.15) is 133 Å². The van der Waals surface area contributed by atoms with Crippen LogP contribution in [0.4, 0.5) is 21.5 Å². The highest BCUT2D eigenvalue weighted by molar-refractivity contribution is 6.05. The van der Waals surface area contributed by atoms with E-state index in [1.54, 1.807) is 39.0 Å². The lowest BCUT2D eigenvalue weighted by atomic mass is 10.1.